The van der Waals surface area contributed by atoms with Crippen molar-refractivity contribution < 1.29 is 8.42 Å². The molecule has 0 bridgehead atoms. The third kappa shape index (κ3) is 3.20. The van der Waals surface area contributed by atoms with Crippen molar-refractivity contribution in [1.29, 1.82) is 0 Å². The van der Waals surface area contributed by atoms with Crippen LogP contribution in [0.15, 0.2) is 16.3 Å². The topological polar surface area (TPSA) is 58.2 Å². The summed E-state index contributed by atoms with van der Waals surface area (Å²) in [6.45, 7) is 3.62. The number of hydrogen-bond donors (Lipinski definition) is 2. The minimum atomic E-state index is -3.44. The molecule has 0 atom stereocenters. The standard InChI is InChI=1S/C10H15ClN2O2S2/c1-10(4-6-12-7-5-10)13-17(14,15)9-3-2-8(11)16-9/h2-3,12-13H,4-7H2,1H3. The van der Waals surface area contributed by atoms with E-state index < -0.39 is 10.0 Å². The van der Waals surface area contributed by atoms with Gasteiger partial charge in [0.25, 0.3) is 10.0 Å². The highest BCUT2D eigenvalue weighted by molar-refractivity contribution is 7.91. The zero-order valence-electron chi connectivity index (χ0n) is 9.49. The molecule has 2 heterocycles. The molecule has 2 rings (SSSR count). The molecule has 1 aromatic rings. The van der Waals surface area contributed by atoms with Gasteiger partial charge in [0.2, 0.25) is 0 Å². The van der Waals surface area contributed by atoms with E-state index >= 15 is 0 Å². The van der Waals surface area contributed by atoms with Crippen LogP contribution in [0.25, 0.3) is 0 Å². The van der Waals surface area contributed by atoms with Crippen LogP contribution in [0.1, 0.15) is 19.8 Å². The third-order valence-corrected chi connectivity index (χ3v) is 6.26. The van der Waals surface area contributed by atoms with E-state index in [1.54, 1.807) is 12.1 Å². The van der Waals surface area contributed by atoms with Gasteiger partial charge in [-0.15, -0.1) is 11.3 Å². The summed E-state index contributed by atoms with van der Waals surface area (Å²) >= 11 is 6.84. The van der Waals surface area contributed by atoms with Gasteiger partial charge in [-0.1, -0.05) is 11.6 Å². The van der Waals surface area contributed by atoms with Crippen molar-refractivity contribution in [2.45, 2.75) is 29.5 Å². The van der Waals surface area contributed by atoms with Gasteiger partial charge in [0.05, 0.1) is 4.34 Å². The molecule has 0 saturated carbocycles. The number of piperidine rings is 1. The van der Waals surface area contributed by atoms with Crippen molar-refractivity contribution in [3.05, 3.63) is 16.5 Å². The number of rotatable bonds is 3. The molecule has 7 heteroatoms. The highest BCUT2D eigenvalue weighted by atomic mass is 35.5. The summed E-state index contributed by atoms with van der Waals surface area (Å²) in [6, 6.07) is 3.14. The summed E-state index contributed by atoms with van der Waals surface area (Å²) in [5, 5.41) is 3.22. The molecule has 2 N–H and O–H groups in total. The van der Waals surface area contributed by atoms with E-state index in [1.807, 2.05) is 6.92 Å². The quantitative estimate of drug-likeness (QED) is 0.894. The fraction of sp³-hybridized carbons (Fsp3) is 0.600. The van der Waals surface area contributed by atoms with E-state index in [9.17, 15) is 8.42 Å². The van der Waals surface area contributed by atoms with Crippen LogP contribution in [0.2, 0.25) is 4.34 Å². The monoisotopic (exact) mass is 294 g/mol. The second kappa shape index (κ2) is 4.85. The highest BCUT2D eigenvalue weighted by Crippen LogP contribution is 2.28. The molecule has 1 aliphatic heterocycles. The second-order valence-electron chi connectivity index (χ2n) is 4.47. The molecular weight excluding hydrogens is 280 g/mol. The Morgan fingerprint density at radius 3 is 2.59 bits per heavy atom. The maximum Gasteiger partial charge on any atom is 0.250 e. The van der Waals surface area contributed by atoms with Gasteiger partial charge in [-0.25, -0.2) is 13.1 Å². The average Bonchev–Trinajstić information content (AvgIpc) is 2.65. The first-order valence-corrected chi connectivity index (χ1v) is 8.09. The normalized spacial score (nSPS) is 20.4. The lowest BCUT2D eigenvalue weighted by atomic mass is 9.92. The van der Waals surface area contributed by atoms with Gasteiger partial charge < -0.3 is 5.32 Å². The van der Waals surface area contributed by atoms with Crippen molar-refractivity contribution in [2.75, 3.05) is 13.1 Å². The number of thiophene rings is 1. The Balaban J connectivity index is 2.17. The fourth-order valence-corrected chi connectivity index (χ4v) is 4.85. The van der Waals surface area contributed by atoms with Crippen LogP contribution in [0.4, 0.5) is 0 Å². The summed E-state index contributed by atoms with van der Waals surface area (Å²) in [5.74, 6) is 0. The molecule has 1 saturated heterocycles. The van der Waals surface area contributed by atoms with Gasteiger partial charge in [0.15, 0.2) is 0 Å². The van der Waals surface area contributed by atoms with Crippen molar-refractivity contribution >= 4 is 33.0 Å². The van der Waals surface area contributed by atoms with E-state index in [0.717, 1.165) is 37.3 Å². The first kappa shape index (κ1) is 13.3. The second-order valence-corrected chi connectivity index (χ2v) is 8.10. The van der Waals surface area contributed by atoms with Crippen LogP contribution in [0.5, 0.6) is 0 Å². The molecule has 0 unspecified atom stereocenters. The van der Waals surface area contributed by atoms with Crippen LogP contribution in [-0.2, 0) is 10.0 Å². The predicted molar refractivity (Wildman–Crippen MR) is 70.2 cm³/mol. The maximum absolute atomic E-state index is 12.1. The number of halogens is 1. The molecule has 0 aliphatic carbocycles. The molecule has 17 heavy (non-hydrogen) atoms. The Bertz CT molecular complexity index is 492. The predicted octanol–water partition coefficient (Wildman–Crippen LogP) is 1.82. The van der Waals surface area contributed by atoms with Gasteiger partial charge in [-0.2, -0.15) is 0 Å². The summed E-state index contributed by atoms with van der Waals surface area (Å²) in [6.07, 6.45) is 1.59. The Labute approximate surface area is 110 Å². The minimum absolute atomic E-state index is 0.280. The Hall–Kier alpha value is -0.140. The third-order valence-electron chi connectivity index (χ3n) is 2.90. The van der Waals surface area contributed by atoms with Crippen LogP contribution in [0, 0.1) is 0 Å². The Kier molecular flexibility index (Phi) is 3.80. The van der Waals surface area contributed by atoms with Gasteiger partial charge in [-0.3, -0.25) is 0 Å². The van der Waals surface area contributed by atoms with Crippen LogP contribution in [-0.4, -0.2) is 27.0 Å². The summed E-state index contributed by atoms with van der Waals surface area (Å²) in [4.78, 5) is 0. The summed E-state index contributed by atoms with van der Waals surface area (Å²) < 4.78 is 27.8. The zero-order chi connectivity index (χ0) is 12.5. The van der Waals surface area contributed by atoms with Crippen LogP contribution >= 0.6 is 22.9 Å². The van der Waals surface area contributed by atoms with E-state index in [2.05, 4.69) is 10.0 Å². The average molecular weight is 295 g/mol. The number of sulfonamides is 1. The first-order chi connectivity index (χ1) is 7.91. The number of hydrogen-bond acceptors (Lipinski definition) is 4. The van der Waals surface area contributed by atoms with Crippen LogP contribution < -0.4 is 10.0 Å². The highest BCUT2D eigenvalue weighted by Gasteiger charge is 2.32. The molecule has 0 spiro atoms. The number of nitrogens with one attached hydrogen (secondary N) is 2. The fourth-order valence-electron chi connectivity index (χ4n) is 1.90. The lowest BCUT2D eigenvalue weighted by Gasteiger charge is -2.34. The van der Waals surface area contributed by atoms with E-state index in [1.165, 1.54) is 0 Å². The minimum Gasteiger partial charge on any atom is -0.317 e. The van der Waals surface area contributed by atoms with Crippen molar-refractivity contribution in [3.8, 4) is 0 Å². The van der Waals surface area contributed by atoms with Gasteiger partial charge in [0.1, 0.15) is 4.21 Å². The molecule has 0 radical (unpaired) electrons. The zero-order valence-corrected chi connectivity index (χ0v) is 11.9. The van der Waals surface area contributed by atoms with Crippen molar-refractivity contribution in [1.82, 2.24) is 10.0 Å². The lowest BCUT2D eigenvalue weighted by Crippen LogP contribution is -2.52. The largest absolute Gasteiger partial charge is 0.317 e. The molecule has 1 aliphatic rings. The molecule has 1 fully saturated rings. The van der Waals surface area contributed by atoms with Gasteiger partial charge in [-0.05, 0) is 45.0 Å². The van der Waals surface area contributed by atoms with Crippen molar-refractivity contribution in [3.63, 3.8) is 0 Å². The summed E-state index contributed by atoms with van der Waals surface area (Å²) in [5.41, 5.74) is -0.361. The first-order valence-electron chi connectivity index (χ1n) is 5.41. The smallest absolute Gasteiger partial charge is 0.250 e. The molecule has 4 nitrogen and oxygen atoms in total. The lowest BCUT2D eigenvalue weighted by molar-refractivity contribution is 0.308. The molecule has 1 aromatic heterocycles. The van der Waals surface area contributed by atoms with Gasteiger partial charge in [0, 0.05) is 5.54 Å². The van der Waals surface area contributed by atoms with E-state index in [-0.39, 0.29) is 9.75 Å². The van der Waals surface area contributed by atoms with Crippen LogP contribution in [0.3, 0.4) is 0 Å². The van der Waals surface area contributed by atoms with E-state index in [0.29, 0.717) is 4.34 Å². The Morgan fingerprint density at radius 2 is 2.06 bits per heavy atom. The summed E-state index contributed by atoms with van der Waals surface area (Å²) in [7, 11) is -3.44. The molecular formula is C10H15ClN2O2S2. The Morgan fingerprint density at radius 1 is 1.41 bits per heavy atom. The molecule has 0 amide bonds. The van der Waals surface area contributed by atoms with Gasteiger partial charge >= 0.3 is 0 Å². The molecule has 0 aromatic carbocycles. The van der Waals surface area contributed by atoms with Crippen molar-refractivity contribution in [2.24, 2.45) is 0 Å². The van der Waals surface area contributed by atoms with E-state index in [4.69, 9.17) is 11.6 Å². The SMILES string of the molecule is CC1(NS(=O)(=O)c2ccc(Cl)s2)CCNCC1. The maximum atomic E-state index is 12.1. The molecule has 96 valence electrons.